The van der Waals surface area contributed by atoms with Gasteiger partial charge in [0.2, 0.25) is 5.78 Å². The Morgan fingerprint density at radius 1 is 1.53 bits per heavy atom. The topological polar surface area (TPSA) is 65.9 Å². The van der Waals surface area contributed by atoms with Gasteiger partial charge in [-0.25, -0.2) is 0 Å². The average Bonchev–Trinajstić information content (AvgIpc) is 2.71. The fraction of sp³-hybridized carbons (Fsp3) is 0.167. The maximum atomic E-state index is 11.9. The van der Waals surface area contributed by atoms with Gasteiger partial charge in [-0.1, -0.05) is 15.9 Å². The van der Waals surface area contributed by atoms with Gasteiger partial charge in [0.25, 0.3) is 5.90 Å². The number of H-pyrrole nitrogens is 1. The highest BCUT2D eigenvalue weighted by atomic mass is 79.9. The van der Waals surface area contributed by atoms with Crippen LogP contribution in [0.15, 0.2) is 28.9 Å². The number of nitrogens with one attached hydrogen (secondary N) is 2. The van der Waals surface area contributed by atoms with Gasteiger partial charge in [-0.15, -0.1) is 0 Å². The number of benzene rings is 1. The molecule has 2 N–H and O–H groups in total. The molecule has 1 aromatic heterocycles. The van der Waals surface area contributed by atoms with Gasteiger partial charge in [-0.2, -0.15) is 0 Å². The standard InChI is InChI=1S/C12H11BrN2O2/c1-2-17-12(14)11(16)9-6-15-10-4-3-7(13)5-8(9)10/h3-6,14-15H,2H2,1H3. The summed E-state index contributed by atoms with van der Waals surface area (Å²) in [6.45, 7) is 2.06. The number of aromatic amines is 1. The molecular weight excluding hydrogens is 284 g/mol. The van der Waals surface area contributed by atoms with Crippen molar-refractivity contribution in [1.29, 1.82) is 5.41 Å². The number of Topliss-reactive ketones (excluding diaryl/α,β-unsaturated/α-hetero) is 1. The molecule has 0 saturated carbocycles. The van der Waals surface area contributed by atoms with E-state index in [2.05, 4.69) is 20.9 Å². The van der Waals surface area contributed by atoms with Gasteiger partial charge in [0, 0.05) is 21.6 Å². The lowest BCUT2D eigenvalue weighted by atomic mass is 10.1. The first kappa shape index (κ1) is 11.9. The lowest BCUT2D eigenvalue weighted by molar-refractivity contribution is 0.103. The number of hydrogen-bond donors (Lipinski definition) is 2. The molecule has 2 aromatic rings. The Labute approximate surface area is 107 Å². The Hall–Kier alpha value is -1.62. The smallest absolute Gasteiger partial charge is 0.255 e. The number of ketones is 1. The maximum Gasteiger partial charge on any atom is 0.255 e. The zero-order chi connectivity index (χ0) is 12.4. The lowest BCUT2D eigenvalue weighted by Gasteiger charge is -2.02. The SMILES string of the molecule is CCOC(=N)C(=O)c1c[nH]c2ccc(Br)cc12. The minimum absolute atomic E-state index is 0.316. The van der Waals surface area contributed by atoms with Gasteiger partial charge in [0.15, 0.2) is 0 Å². The van der Waals surface area contributed by atoms with Crippen molar-refractivity contribution in [2.45, 2.75) is 6.92 Å². The molecule has 1 aromatic carbocycles. The number of hydrogen-bond acceptors (Lipinski definition) is 3. The van der Waals surface area contributed by atoms with E-state index in [0.29, 0.717) is 12.2 Å². The normalized spacial score (nSPS) is 10.5. The summed E-state index contributed by atoms with van der Waals surface area (Å²) in [5.41, 5.74) is 1.32. The molecular formula is C12H11BrN2O2. The molecule has 88 valence electrons. The van der Waals surface area contributed by atoms with Crippen LogP contribution in [0.25, 0.3) is 10.9 Å². The molecule has 0 bridgehead atoms. The zero-order valence-electron chi connectivity index (χ0n) is 9.21. The van der Waals surface area contributed by atoms with Gasteiger partial charge in [-0.05, 0) is 25.1 Å². The lowest BCUT2D eigenvalue weighted by Crippen LogP contribution is -2.16. The van der Waals surface area contributed by atoms with Crippen LogP contribution in [-0.2, 0) is 4.74 Å². The number of carbonyl (C=O) groups excluding carboxylic acids is 1. The molecule has 0 atom stereocenters. The summed E-state index contributed by atoms with van der Waals surface area (Å²) in [4.78, 5) is 14.9. The van der Waals surface area contributed by atoms with Gasteiger partial charge < -0.3 is 9.72 Å². The molecule has 0 unspecified atom stereocenters. The first-order chi connectivity index (χ1) is 8.13. The fourth-order valence-corrected chi connectivity index (χ4v) is 1.97. The first-order valence-electron chi connectivity index (χ1n) is 5.16. The van der Waals surface area contributed by atoms with Crippen LogP contribution in [-0.4, -0.2) is 23.3 Å². The van der Waals surface area contributed by atoms with E-state index in [1.54, 1.807) is 13.1 Å². The van der Waals surface area contributed by atoms with Crippen molar-refractivity contribution < 1.29 is 9.53 Å². The van der Waals surface area contributed by atoms with Gasteiger partial charge in [0.05, 0.1) is 12.2 Å². The van der Waals surface area contributed by atoms with Crippen LogP contribution in [0.1, 0.15) is 17.3 Å². The molecule has 0 spiro atoms. The third-order valence-corrected chi connectivity index (χ3v) is 2.88. The Balaban J connectivity index is 2.45. The summed E-state index contributed by atoms with van der Waals surface area (Å²) in [7, 11) is 0. The van der Waals surface area contributed by atoms with E-state index in [4.69, 9.17) is 10.1 Å². The highest BCUT2D eigenvalue weighted by molar-refractivity contribution is 9.10. The predicted molar refractivity (Wildman–Crippen MR) is 69.7 cm³/mol. The summed E-state index contributed by atoms with van der Waals surface area (Å²) in [6.07, 6.45) is 1.60. The van der Waals surface area contributed by atoms with E-state index in [1.165, 1.54) is 0 Å². The van der Waals surface area contributed by atoms with E-state index >= 15 is 0 Å². The van der Waals surface area contributed by atoms with E-state index in [9.17, 15) is 4.79 Å². The molecule has 5 heteroatoms. The largest absolute Gasteiger partial charge is 0.476 e. The van der Waals surface area contributed by atoms with Crippen molar-refractivity contribution in [3.8, 4) is 0 Å². The van der Waals surface area contributed by atoms with E-state index in [-0.39, 0.29) is 5.90 Å². The first-order valence-corrected chi connectivity index (χ1v) is 5.95. The Bertz CT molecular complexity index is 589. The molecule has 0 aliphatic rings. The second kappa shape index (κ2) is 4.71. The molecule has 17 heavy (non-hydrogen) atoms. The summed E-state index contributed by atoms with van der Waals surface area (Å²) < 4.78 is 5.81. The highest BCUT2D eigenvalue weighted by Crippen LogP contribution is 2.23. The molecule has 0 radical (unpaired) electrons. The van der Waals surface area contributed by atoms with Crippen LogP contribution in [0, 0.1) is 5.41 Å². The van der Waals surface area contributed by atoms with Gasteiger partial charge in [0.1, 0.15) is 0 Å². The van der Waals surface area contributed by atoms with E-state index in [0.717, 1.165) is 15.4 Å². The van der Waals surface area contributed by atoms with E-state index in [1.807, 2.05) is 18.2 Å². The molecule has 2 rings (SSSR count). The van der Waals surface area contributed by atoms with Crippen molar-refractivity contribution >= 4 is 38.5 Å². The summed E-state index contributed by atoms with van der Waals surface area (Å²) in [5, 5.41) is 8.29. The average molecular weight is 295 g/mol. The molecule has 1 heterocycles. The third kappa shape index (κ3) is 2.24. The summed E-state index contributed by atoms with van der Waals surface area (Å²) >= 11 is 3.36. The molecule has 0 fully saturated rings. The van der Waals surface area contributed by atoms with Crippen LogP contribution in [0.5, 0.6) is 0 Å². The van der Waals surface area contributed by atoms with Crippen molar-refractivity contribution in [1.82, 2.24) is 4.98 Å². The minimum Gasteiger partial charge on any atom is -0.476 e. The number of aromatic nitrogens is 1. The Morgan fingerprint density at radius 2 is 2.29 bits per heavy atom. The molecule has 0 aliphatic carbocycles. The van der Waals surface area contributed by atoms with Crippen molar-refractivity contribution in [3.63, 3.8) is 0 Å². The number of halogens is 1. The van der Waals surface area contributed by atoms with Crippen molar-refractivity contribution in [2.75, 3.05) is 6.61 Å². The second-order valence-electron chi connectivity index (χ2n) is 3.48. The summed E-state index contributed by atoms with van der Waals surface area (Å²) in [5.74, 6) is -0.732. The molecule has 0 aliphatic heterocycles. The Kier molecular flexibility index (Phi) is 3.28. The van der Waals surface area contributed by atoms with Crippen LogP contribution in [0.4, 0.5) is 0 Å². The van der Waals surface area contributed by atoms with Gasteiger partial charge in [-0.3, -0.25) is 10.2 Å². The number of ether oxygens (including phenoxy) is 1. The van der Waals surface area contributed by atoms with Crippen LogP contribution in [0.3, 0.4) is 0 Å². The maximum absolute atomic E-state index is 11.9. The van der Waals surface area contributed by atoms with Crippen molar-refractivity contribution in [2.24, 2.45) is 0 Å². The number of rotatable bonds is 3. The van der Waals surface area contributed by atoms with Crippen LogP contribution >= 0.6 is 15.9 Å². The molecule has 4 nitrogen and oxygen atoms in total. The predicted octanol–water partition coefficient (Wildman–Crippen LogP) is 3.13. The Morgan fingerprint density at radius 3 is 3.00 bits per heavy atom. The quantitative estimate of drug-likeness (QED) is 0.519. The van der Waals surface area contributed by atoms with Gasteiger partial charge >= 0.3 is 0 Å². The molecule has 0 amide bonds. The fourth-order valence-electron chi connectivity index (χ4n) is 1.61. The van der Waals surface area contributed by atoms with E-state index < -0.39 is 5.78 Å². The second-order valence-corrected chi connectivity index (χ2v) is 4.40. The van der Waals surface area contributed by atoms with Crippen LogP contribution < -0.4 is 0 Å². The highest BCUT2D eigenvalue weighted by Gasteiger charge is 2.17. The monoisotopic (exact) mass is 294 g/mol. The van der Waals surface area contributed by atoms with Crippen molar-refractivity contribution in [3.05, 3.63) is 34.4 Å². The summed E-state index contributed by atoms with van der Waals surface area (Å²) in [6, 6.07) is 5.61. The third-order valence-electron chi connectivity index (χ3n) is 2.38. The minimum atomic E-state index is -0.406. The number of carbonyl (C=O) groups is 1. The van der Waals surface area contributed by atoms with Crippen LogP contribution in [0.2, 0.25) is 0 Å². The zero-order valence-corrected chi connectivity index (χ0v) is 10.8. The number of fused-ring (bicyclic) bond motifs is 1. The molecule has 0 saturated heterocycles.